The summed E-state index contributed by atoms with van der Waals surface area (Å²) in [5.41, 5.74) is 4.97. The molecular weight excluding hydrogens is 294 g/mol. The van der Waals surface area contributed by atoms with Crippen LogP contribution in [0.1, 0.15) is 11.1 Å². The predicted octanol–water partition coefficient (Wildman–Crippen LogP) is 3.91. The fourth-order valence-electron chi connectivity index (χ4n) is 2.19. The number of carbonyl (C=O) groups is 1. The van der Waals surface area contributed by atoms with Gasteiger partial charge in [-0.05, 0) is 43.2 Å². The molecule has 1 amide bonds. The van der Waals surface area contributed by atoms with Gasteiger partial charge in [-0.15, -0.1) is 0 Å². The summed E-state index contributed by atoms with van der Waals surface area (Å²) in [5, 5.41) is 3.72. The lowest BCUT2D eigenvalue weighted by molar-refractivity contribution is -0.113. The number of imidazole rings is 1. The second-order valence-electron chi connectivity index (χ2n) is 5.21. The number of H-pyrrole nitrogens is 1. The molecule has 1 heterocycles. The van der Waals surface area contributed by atoms with Crippen molar-refractivity contribution in [3.05, 3.63) is 53.6 Å². The van der Waals surface area contributed by atoms with Gasteiger partial charge in [-0.1, -0.05) is 36.0 Å². The Kier molecular flexibility index (Phi) is 4.15. The molecule has 0 aliphatic rings. The third kappa shape index (κ3) is 3.31. The lowest BCUT2D eigenvalue weighted by atomic mass is 10.1. The summed E-state index contributed by atoms with van der Waals surface area (Å²) < 4.78 is 0. The average molecular weight is 311 g/mol. The highest BCUT2D eigenvalue weighted by Gasteiger charge is 2.08. The van der Waals surface area contributed by atoms with Crippen molar-refractivity contribution in [1.82, 2.24) is 9.97 Å². The number of benzene rings is 2. The van der Waals surface area contributed by atoms with E-state index in [-0.39, 0.29) is 5.91 Å². The molecular formula is C17H17N3OS. The number of aromatic amines is 1. The normalized spacial score (nSPS) is 10.8. The van der Waals surface area contributed by atoms with Gasteiger partial charge in [-0.2, -0.15) is 0 Å². The fourth-order valence-corrected chi connectivity index (χ4v) is 2.87. The number of nitrogens with zero attached hydrogens (tertiary/aromatic N) is 1. The molecule has 4 nitrogen and oxygen atoms in total. The first-order valence-electron chi connectivity index (χ1n) is 7.06. The molecule has 0 saturated heterocycles. The predicted molar refractivity (Wildman–Crippen MR) is 91.4 cm³/mol. The summed E-state index contributed by atoms with van der Waals surface area (Å²) in [5.74, 6) is 0.298. The molecule has 0 radical (unpaired) electrons. The van der Waals surface area contributed by atoms with Crippen LogP contribution in [0.5, 0.6) is 0 Å². The van der Waals surface area contributed by atoms with Crippen LogP contribution in [0, 0.1) is 13.8 Å². The van der Waals surface area contributed by atoms with E-state index < -0.39 is 0 Å². The van der Waals surface area contributed by atoms with E-state index in [2.05, 4.69) is 15.3 Å². The monoisotopic (exact) mass is 311 g/mol. The van der Waals surface area contributed by atoms with E-state index >= 15 is 0 Å². The Morgan fingerprint density at radius 3 is 2.86 bits per heavy atom. The van der Waals surface area contributed by atoms with Gasteiger partial charge in [0.05, 0.1) is 16.8 Å². The van der Waals surface area contributed by atoms with Crippen molar-refractivity contribution in [1.29, 1.82) is 0 Å². The van der Waals surface area contributed by atoms with Crippen molar-refractivity contribution in [3.8, 4) is 0 Å². The Bertz CT molecular complexity index is 793. The average Bonchev–Trinajstić information content (AvgIpc) is 2.92. The molecule has 0 spiro atoms. The molecule has 3 aromatic rings. The van der Waals surface area contributed by atoms with Crippen molar-refractivity contribution < 1.29 is 4.79 Å². The lowest BCUT2D eigenvalue weighted by Crippen LogP contribution is -2.15. The largest absolute Gasteiger partial charge is 0.333 e. The second-order valence-corrected chi connectivity index (χ2v) is 6.18. The van der Waals surface area contributed by atoms with Gasteiger partial charge in [0, 0.05) is 5.69 Å². The lowest BCUT2D eigenvalue weighted by Gasteiger charge is -2.08. The number of rotatable bonds is 4. The van der Waals surface area contributed by atoms with E-state index in [1.165, 1.54) is 11.8 Å². The standard InChI is InChI=1S/C17H17N3OS/c1-11-7-8-12(2)15(9-11)18-16(21)10-22-17-19-13-5-3-4-6-14(13)20-17/h3-9H,10H2,1-2H3,(H,18,21)(H,19,20). The Balaban J connectivity index is 1.63. The van der Waals surface area contributed by atoms with Crippen molar-refractivity contribution in [2.45, 2.75) is 19.0 Å². The summed E-state index contributed by atoms with van der Waals surface area (Å²) in [6, 6.07) is 13.9. The third-order valence-electron chi connectivity index (χ3n) is 3.37. The first-order valence-corrected chi connectivity index (χ1v) is 8.05. The number of carbonyl (C=O) groups excluding carboxylic acids is 1. The van der Waals surface area contributed by atoms with Gasteiger partial charge in [0.2, 0.25) is 5.91 Å². The van der Waals surface area contributed by atoms with Crippen LogP contribution in [-0.4, -0.2) is 21.6 Å². The molecule has 1 aromatic heterocycles. The van der Waals surface area contributed by atoms with Crippen LogP contribution < -0.4 is 5.32 Å². The number of para-hydroxylation sites is 2. The molecule has 5 heteroatoms. The molecule has 0 atom stereocenters. The molecule has 22 heavy (non-hydrogen) atoms. The maximum Gasteiger partial charge on any atom is 0.234 e. The van der Waals surface area contributed by atoms with E-state index in [9.17, 15) is 4.79 Å². The van der Waals surface area contributed by atoms with E-state index in [1.807, 2.05) is 56.3 Å². The zero-order valence-electron chi connectivity index (χ0n) is 12.5. The SMILES string of the molecule is Cc1ccc(C)c(NC(=O)CSc2nc3ccccc3[nH]2)c1. The number of aromatic nitrogens is 2. The van der Waals surface area contributed by atoms with Gasteiger partial charge in [0.15, 0.2) is 5.16 Å². The van der Waals surface area contributed by atoms with Crippen LogP contribution in [0.15, 0.2) is 47.6 Å². The first-order chi connectivity index (χ1) is 10.6. The quantitative estimate of drug-likeness (QED) is 0.718. The second kappa shape index (κ2) is 6.23. The van der Waals surface area contributed by atoms with Gasteiger partial charge >= 0.3 is 0 Å². The molecule has 112 valence electrons. The number of hydrogen-bond donors (Lipinski definition) is 2. The topological polar surface area (TPSA) is 57.8 Å². The van der Waals surface area contributed by atoms with Gasteiger partial charge in [0.1, 0.15) is 0 Å². The maximum atomic E-state index is 12.1. The zero-order valence-corrected chi connectivity index (χ0v) is 13.3. The highest BCUT2D eigenvalue weighted by molar-refractivity contribution is 7.99. The van der Waals surface area contributed by atoms with Crippen molar-refractivity contribution in [3.63, 3.8) is 0 Å². The van der Waals surface area contributed by atoms with Gasteiger partial charge in [-0.25, -0.2) is 4.98 Å². The number of aryl methyl sites for hydroxylation is 2. The number of hydrogen-bond acceptors (Lipinski definition) is 3. The summed E-state index contributed by atoms with van der Waals surface area (Å²) in [7, 11) is 0. The van der Waals surface area contributed by atoms with E-state index in [1.54, 1.807) is 0 Å². The van der Waals surface area contributed by atoms with E-state index in [0.717, 1.165) is 33.0 Å². The molecule has 0 aliphatic heterocycles. The molecule has 3 rings (SSSR count). The van der Waals surface area contributed by atoms with Crippen molar-refractivity contribution in [2.75, 3.05) is 11.1 Å². The maximum absolute atomic E-state index is 12.1. The minimum atomic E-state index is -0.0286. The molecule has 0 saturated carbocycles. The summed E-state index contributed by atoms with van der Waals surface area (Å²) >= 11 is 1.40. The smallest absolute Gasteiger partial charge is 0.234 e. The van der Waals surface area contributed by atoms with E-state index in [4.69, 9.17) is 0 Å². The highest BCUT2D eigenvalue weighted by atomic mass is 32.2. The van der Waals surface area contributed by atoms with Gasteiger partial charge in [0.25, 0.3) is 0 Å². The number of fused-ring (bicyclic) bond motifs is 1. The molecule has 0 unspecified atom stereocenters. The molecule has 2 N–H and O–H groups in total. The van der Waals surface area contributed by atoms with Crippen LogP contribution in [0.2, 0.25) is 0 Å². The number of anilines is 1. The number of amides is 1. The fraction of sp³-hybridized carbons (Fsp3) is 0.176. The minimum absolute atomic E-state index is 0.0286. The minimum Gasteiger partial charge on any atom is -0.333 e. The van der Waals surface area contributed by atoms with Gasteiger partial charge < -0.3 is 10.3 Å². The summed E-state index contributed by atoms with van der Waals surface area (Å²) in [6.07, 6.45) is 0. The van der Waals surface area contributed by atoms with Crippen LogP contribution in [-0.2, 0) is 4.79 Å². The van der Waals surface area contributed by atoms with Crippen molar-refractivity contribution >= 4 is 34.4 Å². The first kappa shape index (κ1) is 14.7. The Labute approximate surface area is 133 Å². The van der Waals surface area contributed by atoms with Gasteiger partial charge in [-0.3, -0.25) is 4.79 Å². The van der Waals surface area contributed by atoms with Crippen LogP contribution in [0.25, 0.3) is 11.0 Å². The Morgan fingerprint density at radius 2 is 2.05 bits per heavy atom. The Hall–Kier alpha value is -2.27. The zero-order chi connectivity index (χ0) is 15.5. The van der Waals surface area contributed by atoms with Crippen molar-refractivity contribution in [2.24, 2.45) is 0 Å². The highest BCUT2D eigenvalue weighted by Crippen LogP contribution is 2.20. The molecule has 0 aliphatic carbocycles. The van der Waals surface area contributed by atoms with Crippen LogP contribution in [0.3, 0.4) is 0 Å². The van der Waals surface area contributed by atoms with E-state index in [0.29, 0.717) is 5.75 Å². The van der Waals surface area contributed by atoms with Crippen LogP contribution in [0.4, 0.5) is 5.69 Å². The van der Waals surface area contributed by atoms with Crippen LogP contribution >= 0.6 is 11.8 Å². The third-order valence-corrected chi connectivity index (χ3v) is 4.25. The molecule has 0 fully saturated rings. The number of nitrogens with one attached hydrogen (secondary N) is 2. The summed E-state index contributed by atoms with van der Waals surface area (Å²) in [4.78, 5) is 19.7. The molecule has 2 aromatic carbocycles. The Morgan fingerprint density at radius 1 is 1.23 bits per heavy atom. The molecule has 0 bridgehead atoms. The summed E-state index contributed by atoms with van der Waals surface area (Å²) in [6.45, 7) is 4.00. The number of thioether (sulfide) groups is 1.